The number of nitrogens with zero attached hydrogens (tertiary/aromatic N) is 3. The van der Waals surface area contributed by atoms with Gasteiger partial charge in [-0.1, -0.05) is 43.7 Å². The average molecular weight is 391 g/mol. The smallest absolute Gasteiger partial charge is 0.342 e. The molecular formula is C19H25N3O4S. The van der Waals surface area contributed by atoms with Crippen molar-refractivity contribution in [3.63, 3.8) is 0 Å². The van der Waals surface area contributed by atoms with Gasteiger partial charge in [-0.3, -0.25) is 0 Å². The molecule has 0 fully saturated rings. The number of hydrogen-bond acceptors (Lipinski definition) is 6. The second kappa shape index (κ2) is 8.04. The molecule has 0 saturated carbocycles. The molecule has 0 spiro atoms. The van der Waals surface area contributed by atoms with Gasteiger partial charge in [-0.25, -0.2) is 27.5 Å². The molecular weight excluding hydrogens is 366 g/mol. The molecule has 0 bridgehead atoms. The lowest BCUT2D eigenvalue weighted by Gasteiger charge is -2.20. The Morgan fingerprint density at radius 2 is 1.78 bits per heavy atom. The topological polar surface area (TPSA) is 89.5 Å². The minimum Gasteiger partial charge on any atom is -0.462 e. The number of anilines is 1. The number of aromatic nitrogens is 2. The molecule has 27 heavy (non-hydrogen) atoms. The number of hydrogen-bond donors (Lipinski definition) is 0. The third-order valence-corrected chi connectivity index (χ3v) is 5.21. The van der Waals surface area contributed by atoms with Crippen molar-refractivity contribution in [3.8, 4) is 11.3 Å². The minimum atomic E-state index is -3.56. The van der Waals surface area contributed by atoms with Crippen molar-refractivity contribution >= 4 is 21.9 Å². The molecule has 0 aliphatic rings. The summed E-state index contributed by atoms with van der Waals surface area (Å²) in [5, 5.41) is 0. The summed E-state index contributed by atoms with van der Waals surface area (Å²) in [5.41, 5.74) is 2.82. The molecule has 1 heterocycles. The summed E-state index contributed by atoms with van der Waals surface area (Å²) < 4.78 is 30.2. The van der Waals surface area contributed by atoms with Gasteiger partial charge >= 0.3 is 5.97 Å². The van der Waals surface area contributed by atoms with Gasteiger partial charge in [-0.2, -0.15) is 0 Å². The number of ether oxygens (including phenoxy) is 1. The fourth-order valence-electron chi connectivity index (χ4n) is 2.50. The lowest BCUT2D eigenvalue weighted by Crippen LogP contribution is -2.28. The van der Waals surface area contributed by atoms with Crippen molar-refractivity contribution in [2.45, 2.75) is 33.6 Å². The molecule has 0 saturated heterocycles. The Hall–Kier alpha value is -2.48. The average Bonchev–Trinajstić information content (AvgIpc) is 2.60. The second-order valence-electron chi connectivity index (χ2n) is 6.60. The van der Waals surface area contributed by atoms with Gasteiger partial charge in [-0.05, 0) is 19.8 Å². The van der Waals surface area contributed by atoms with Gasteiger partial charge in [0.1, 0.15) is 5.56 Å². The number of rotatable bonds is 6. The highest BCUT2D eigenvalue weighted by molar-refractivity contribution is 7.92. The van der Waals surface area contributed by atoms with E-state index >= 15 is 0 Å². The fraction of sp³-hybridized carbons (Fsp3) is 0.421. The van der Waals surface area contributed by atoms with Crippen LogP contribution in [0.4, 0.5) is 5.95 Å². The first-order chi connectivity index (χ1) is 12.6. The van der Waals surface area contributed by atoms with Gasteiger partial charge in [0.2, 0.25) is 16.0 Å². The van der Waals surface area contributed by atoms with Gasteiger partial charge in [0, 0.05) is 12.6 Å². The summed E-state index contributed by atoms with van der Waals surface area (Å²) in [6.07, 6.45) is 1.08. The molecule has 8 heteroatoms. The molecule has 7 nitrogen and oxygen atoms in total. The van der Waals surface area contributed by atoms with Crippen molar-refractivity contribution in [1.29, 1.82) is 0 Å². The summed E-state index contributed by atoms with van der Waals surface area (Å²) in [5.74, 6) is -0.640. The van der Waals surface area contributed by atoms with Crippen LogP contribution in [0.5, 0.6) is 0 Å². The molecule has 0 unspecified atom stereocenters. The Bertz CT molecular complexity index is 938. The van der Waals surface area contributed by atoms with E-state index in [1.165, 1.54) is 7.05 Å². The van der Waals surface area contributed by atoms with Crippen LogP contribution in [0.1, 0.15) is 48.3 Å². The SMILES string of the molecule is CCOC(=O)c1c(-c2ccc(C)cc2)nc(N(C)S(C)(=O)=O)nc1C(C)C. The van der Waals surface area contributed by atoms with Crippen LogP contribution >= 0.6 is 0 Å². The maximum Gasteiger partial charge on any atom is 0.342 e. The Morgan fingerprint density at radius 3 is 2.26 bits per heavy atom. The zero-order valence-corrected chi connectivity index (χ0v) is 17.3. The molecule has 0 atom stereocenters. The van der Waals surface area contributed by atoms with Crippen LogP contribution in [0.15, 0.2) is 24.3 Å². The number of sulfonamides is 1. The lowest BCUT2D eigenvalue weighted by atomic mass is 9.98. The highest BCUT2D eigenvalue weighted by atomic mass is 32.2. The lowest BCUT2D eigenvalue weighted by molar-refractivity contribution is 0.0524. The summed E-state index contributed by atoms with van der Waals surface area (Å²) in [7, 11) is -2.17. The monoisotopic (exact) mass is 391 g/mol. The largest absolute Gasteiger partial charge is 0.462 e. The van der Waals surface area contributed by atoms with E-state index in [1.54, 1.807) is 6.92 Å². The first-order valence-corrected chi connectivity index (χ1v) is 10.5. The molecule has 0 amide bonds. The van der Waals surface area contributed by atoms with Crippen LogP contribution in [0.3, 0.4) is 0 Å². The zero-order valence-electron chi connectivity index (χ0n) is 16.5. The summed E-state index contributed by atoms with van der Waals surface area (Å²) >= 11 is 0. The number of carbonyl (C=O) groups is 1. The highest BCUT2D eigenvalue weighted by Gasteiger charge is 2.27. The number of aryl methyl sites for hydroxylation is 1. The highest BCUT2D eigenvalue weighted by Crippen LogP contribution is 2.31. The van der Waals surface area contributed by atoms with Gasteiger partial charge in [0.15, 0.2) is 0 Å². The summed E-state index contributed by atoms with van der Waals surface area (Å²) in [6.45, 7) is 7.67. The first kappa shape index (κ1) is 20.8. The van der Waals surface area contributed by atoms with Crippen molar-refractivity contribution in [2.24, 2.45) is 0 Å². The second-order valence-corrected chi connectivity index (χ2v) is 8.62. The molecule has 2 rings (SSSR count). The van der Waals surface area contributed by atoms with Crippen LogP contribution in [-0.4, -0.2) is 44.3 Å². The Balaban J connectivity index is 2.84. The molecule has 146 valence electrons. The Morgan fingerprint density at radius 1 is 1.19 bits per heavy atom. The molecule has 0 aliphatic heterocycles. The fourth-order valence-corrected chi connectivity index (χ4v) is 2.88. The minimum absolute atomic E-state index is 0.0184. The van der Waals surface area contributed by atoms with Crippen LogP contribution in [-0.2, 0) is 14.8 Å². The van der Waals surface area contributed by atoms with Crippen LogP contribution in [0.25, 0.3) is 11.3 Å². The predicted octanol–water partition coefficient (Wildman–Crippen LogP) is 3.15. The Labute approximate surface area is 160 Å². The van der Waals surface area contributed by atoms with Crippen molar-refractivity contribution in [1.82, 2.24) is 9.97 Å². The normalized spacial score (nSPS) is 11.5. The van der Waals surface area contributed by atoms with Gasteiger partial charge in [0.05, 0.1) is 24.3 Å². The van der Waals surface area contributed by atoms with Gasteiger partial charge in [0.25, 0.3) is 0 Å². The molecule has 1 aromatic heterocycles. The van der Waals surface area contributed by atoms with E-state index in [9.17, 15) is 13.2 Å². The van der Waals surface area contributed by atoms with Crippen molar-refractivity contribution < 1.29 is 17.9 Å². The maximum absolute atomic E-state index is 12.7. The van der Waals surface area contributed by atoms with E-state index in [1.807, 2.05) is 45.0 Å². The van der Waals surface area contributed by atoms with E-state index in [4.69, 9.17) is 4.74 Å². The predicted molar refractivity (Wildman–Crippen MR) is 105 cm³/mol. The third-order valence-electron chi connectivity index (χ3n) is 4.06. The number of benzene rings is 1. The Kier molecular flexibility index (Phi) is 6.20. The van der Waals surface area contributed by atoms with Gasteiger partial charge in [-0.15, -0.1) is 0 Å². The molecule has 2 aromatic rings. The summed E-state index contributed by atoms with van der Waals surface area (Å²) in [4.78, 5) is 21.5. The van der Waals surface area contributed by atoms with Crippen LogP contribution in [0, 0.1) is 6.92 Å². The van der Waals surface area contributed by atoms with E-state index in [0.717, 1.165) is 16.1 Å². The van der Waals surface area contributed by atoms with E-state index in [2.05, 4.69) is 9.97 Å². The van der Waals surface area contributed by atoms with E-state index in [-0.39, 0.29) is 24.0 Å². The van der Waals surface area contributed by atoms with E-state index in [0.29, 0.717) is 17.0 Å². The molecule has 1 aromatic carbocycles. The molecule has 0 radical (unpaired) electrons. The standard InChI is InChI=1S/C19H25N3O4S/c1-7-26-18(23)15-16(12(2)3)20-19(22(5)27(6,24)25)21-17(15)14-10-8-13(4)9-11-14/h8-12H,7H2,1-6H3. The number of esters is 1. The van der Waals surface area contributed by atoms with Crippen molar-refractivity contribution in [3.05, 3.63) is 41.1 Å². The first-order valence-electron chi connectivity index (χ1n) is 8.66. The van der Waals surface area contributed by atoms with Gasteiger partial charge < -0.3 is 4.74 Å². The number of carbonyl (C=O) groups excluding carboxylic acids is 1. The quantitative estimate of drug-likeness (QED) is 0.703. The van der Waals surface area contributed by atoms with Crippen molar-refractivity contribution in [2.75, 3.05) is 24.2 Å². The zero-order chi connectivity index (χ0) is 20.4. The van der Waals surface area contributed by atoms with Crippen LogP contribution in [0.2, 0.25) is 0 Å². The van der Waals surface area contributed by atoms with Crippen LogP contribution < -0.4 is 4.31 Å². The summed E-state index contributed by atoms with van der Waals surface area (Å²) in [6, 6.07) is 7.49. The maximum atomic E-state index is 12.7. The van der Waals surface area contributed by atoms with E-state index < -0.39 is 16.0 Å². The molecule has 0 aliphatic carbocycles. The molecule has 0 N–H and O–H groups in total. The third kappa shape index (κ3) is 4.63.